The molecule has 0 aliphatic carbocycles. The maximum Gasteiger partial charge on any atom is 0.250 e. The maximum atomic E-state index is 11.8. The van der Waals surface area contributed by atoms with Gasteiger partial charge in [-0.05, 0) is 24.3 Å². The maximum absolute atomic E-state index is 11.8. The highest BCUT2D eigenvalue weighted by atomic mass is 32.2. The minimum atomic E-state index is -0.221. The fourth-order valence-electron chi connectivity index (χ4n) is 1.84. The molecule has 1 heterocycles. The summed E-state index contributed by atoms with van der Waals surface area (Å²) in [5.74, 6) is 0.132. The number of benzene rings is 2. The van der Waals surface area contributed by atoms with E-state index in [2.05, 4.69) is 15.5 Å². The van der Waals surface area contributed by atoms with Gasteiger partial charge < -0.3 is 5.11 Å². The van der Waals surface area contributed by atoms with Gasteiger partial charge in [-0.3, -0.25) is 4.79 Å². The van der Waals surface area contributed by atoms with Crippen molar-refractivity contribution in [2.24, 2.45) is 5.10 Å². The molecule has 2 N–H and O–H groups in total. The third-order valence-electron chi connectivity index (χ3n) is 2.93. The molecule has 3 aromatic rings. The summed E-state index contributed by atoms with van der Waals surface area (Å²) in [6.45, 7) is 0. The summed E-state index contributed by atoms with van der Waals surface area (Å²) < 4.78 is 1.96. The van der Waals surface area contributed by atoms with Gasteiger partial charge in [-0.25, -0.2) is 10.4 Å². The number of nitrogens with one attached hydrogen (secondary N) is 1. The highest BCUT2D eigenvalue weighted by Gasteiger charge is 2.07. The predicted molar refractivity (Wildman–Crippen MR) is 94.2 cm³/mol. The zero-order valence-electron chi connectivity index (χ0n) is 12.0. The molecule has 0 atom stereocenters. The van der Waals surface area contributed by atoms with Crippen LogP contribution in [0.25, 0.3) is 10.2 Å². The quantitative estimate of drug-likeness (QED) is 0.424. The number of nitrogens with zero attached hydrogens (tertiary/aromatic N) is 2. The van der Waals surface area contributed by atoms with E-state index in [1.54, 1.807) is 35.6 Å². The second-order valence-corrected chi connectivity index (χ2v) is 6.84. The van der Waals surface area contributed by atoms with E-state index in [-0.39, 0.29) is 17.4 Å². The number of aromatic nitrogens is 1. The molecule has 0 unspecified atom stereocenters. The molecule has 5 nitrogen and oxygen atoms in total. The van der Waals surface area contributed by atoms with Crippen LogP contribution in [0.2, 0.25) is 0 Å². The number of amides is 1. The van der Waals surface area contributed by atoms with Crippen molar-refractivity contribution in [1.82, 2.24) is 10.4 Å². The lowest BCUT2D eigenvalue weighted by molar-refractivity contribution is -0.118. The Morgan fingerprint density at radius 3 is 2.87 bits per heavy atom. The summed E-state index contributed by atoms with van der Waals surface area (Å²) >= 11 is 2.94. The summed E-state index contributed by atoms with van der Waals surface area (Å²) in [6, 6.07) is 14.6. The molecule has 0 bridgehead atoms. The zero-order chi connectivity index (χ0) is 16.1. The third-order valence-corrected chi connectivity index (χ3v) is 5.11. The largest absolute Gasteiger partial charge is 0.507 e. The van der Waals surface area contributed by atoms with E-state index < -0.39 is 0 Å². The van der Waals surface area contributed by atoms with Crippen LogP contribution in [0, 0.1) is 0 Å². The first-order valence-electron chi connectivity index (χ1n) is 6.80. The molecule has 0 spiro atoms. The number of thioether (sulfide) groups is 1. The van der Waals surface area contributed by atoms with Gasteiger partial charge in [-0.1, -0.05) is 36.0 Å². The van der Waals surface area contributed by atoms with Gasteiger partial charge in [0.1, 0.15) is 5.75 Å². The van der Waals surface area contributed by atoms with Crippen LogP contribution in [0.1, 0.15) is 5.56 Å². The fourth-order valence-corrected chi connectivity index (χ4v) is 3.70. The van der Waals surface area contributed by atoms with Gasteiger partial charge in [0, 0.05) is 5.56 Å². The summed E-state index contributed by atoms with van der Waals surface area (Å²) in [5, 5.41) is 13.4. The molecule has 116 valence electrons. The number of phenolic OH excluding ortho intramolecular Hbond substituents is 1. The summed E-state index contributed by atoms with van der Waals surface area (Å²) in [5.41, 5.74) is 3.93. The number of phenols is 1. The van der Waals surface area contributed by atoms with E-state index in [0.717, 1.165) is 14.6 Å². The van der Waals surface area contributed by atoms with Crippen LogP contribution >= 0.6 is 23.1 Å². The first-order valence-corrected chi connectivity index (χ1v) is 8.61. The fraction of sp³-hybridized carbons (Fsp3) is 0.0625. The summed E-state index contributed by atoms with van der Waals surface area (Å²) in [7, 11) is 0. The van der Waals surface area contributed by atoms with Gasteiger partial charge >= 0.3 is 0 Å². The molecule has 0 saturated heterocycles. The average Bonchev–Trinajstić information content (AvgIpc) is 2.98. The van der Waals surface area contributed by atoms with Crippen molar-refractivity contribution in [2.75, 3.05) is 5.75 Å². The van der Waals surface area contributed by atoms with Crippen molar-refractivity contribution in [1.29, 1.82) is 0 Å². The van der Waals surface area contributed by atoms with Gasteiger partial charge in [0.2, 0.25) is 0 Å². The highest BCUT2D eigenvalue weighted by molar-refractivity contribution is 8.01. The molecule has 0 saturated carbocycles. The molecule has 0 aliphatic rings. The highest BCUT2D eigenvalue weighted by Crippen LogP contribution is 2.28. The average molecular weight is 343 g/mol. The second-order valence-electron chi connectivity index (χ2n) is 4.59. The number of aromatic hydroxyl groups is 1. The van der Waals surface area contributed by atoms with Crippen LogP contribution < -0.4 is 5.43 Å². The molecule has 0 fully saturated rings. The molecule has 3 rings (SSSR count). The minimum absolute atomic E-state index is 0.120. The second kappa shape index (κ2) is 7.26. The number of fused-ring (bicyclic) bond motifs is 1. The third kappa shape index (κ3) is 4.08. The summed E-state index contributed by atoms with van der Waals surface area (Å²) in [4.78, 5) is 16.2. The number of carbonyl (C=O) groups excluding carboxylic acids is 1. The molecular formula is C16H13N3O2S2. The van der Waals surface area contributed by atoms with Crippen LogP contribution in [0.5, 0.6) is 5.75 Å². The first kappa shape index (κ1) is 15.5. The molecule has 1 amide bonds. The van der Waals surface area contributed by atoms with Crippen molar-refractivity contribution >= 4 is 45.4 Å². The Balaban J connectivity index is 1.52. The van der Waals surface area contributed by atoms with Crippen LogP contribution in [-0.4, -0.2) is 28.0 Å². The predicted octanol–water partition coefficient (Wildman–Crippen LogP) is 3.24. The number of thiazole rings is 1. The lowest BCUT2D eigenvalue weighted by Crippen LogP contribution is -2.19. The van der Waals surface area contributed by atoms with Crippen molar-refractivity contribution < 1.29 is 9.90 Å². The molecule has 2 aromatic carbocycles. The standard InChI is InChI=1S/C16H13N3O2S2/c20-13-7-3-1-5-11(13)9-17-19-15(21)10-22-16-18-12-6-2-4-8-14(12)23-16/h1-9,20H,10H2,(H,19,21). The van der Waals surface area contributed by atoms with Crippen LogP contribution in [-0.2, 0) is 4.79 Å². The van der Waals surface area contributed by atoms with Crippen LogP contribution in [0.15, 0.2) is 58.0 Å². The first-order chi connectivity index (χ1) is 11.2. The Bertz CT molecular complexity index is 828. The molecule has 23 heavy (non-hydrogen) atoms. The van der Waals surface area contributed by atoms with Gasteiger partial charge in [-0.2, -0.15) is 5.10 Å². The van der Waals surface area contributed by atoms with E-state index in [4.69, 9.17) is 0 Å². The number of rotatable bonds is 5. The van der Waals surface area contributed by atoms with E-state index in [9.17, 15) is 9.90 Å². The number of hydrogen-bond donors (Lipinski definition) is 2. The van der Waals surface area contributed by atoms with Crippen molar-refractivity contribution in [3.8, 4) is 5.75 Å². The number of carbonyl (C=O) groups is 1. The van der Waals surface area contributed by atoms with Crippen molar-refractivity contribution in [3.63, 3.8) is 0 Å². The van der Waals surface area contributed by atoms with Crippen LogP contribution in [0.4, 0.5) is 0 Å². The molecule has 1 aromatic heterocycles. The van der Waals surface area contributed by atoms with E-state index in [0.29, 0.717) is 5.56 Å². The number of hydrazone groups is 1. The van der Waals surface area contributed by atoms with Gasteiger partial charge in [0.05, 0.1) is 22.2 Å². The van der Waals surface area contributed by atoms with Crippen molar-refractivity contribution in [2.45, 2.75) is 4.34 Å². The Hall–Kier alpha value is -2.38. The van der Waals surface area contributed by atoms with Crippen molar-refractivity contribution in [3.05, 3.63) is 54.1 Å². The molecular weight excluding hydrogens is 330 g/mol. The number of hydrogen-bond acceptors (Lipinski definition) is 6. The lowest BCUT2D eigenvalue weighted by Gasteiger charge is -1.99. The van der Waals surface area contributed by atoms with E-state index >= 15 is 0 Å². The molecule has 0 radical (unpaired) electrons. The Morgan fingerprint density at radius 2 is 2.04 bits per heavy atom. The number of para-hydroxylation sites is 2. The van der Waals surface area contributed by atoms with Gasteiger partial charge in [-0.15, -0.1) is 11.3 Å². The van der Waals surface area contributed by atoms with E-state index in [1.165, 1.54) is 18.0 Å². The SMILES string of the molecule is O=C(CSc1nc2ccccc2s1)NN=Cc1ccccc1O. The van der Waals surface area contributed by atoms with E-state index in [1.807, 2.05) is 24.3 Å². The van der Waals surface area contributed by atoms with Gasteiger partial charge in [0.25, 0.3) is 5.91 Å². The Labute approximate surface area is 141 Å². The topological polar surface area (TPSA) is 74.6 Å². The van der Waals surface area contributed by atoms with Crippen LogP contribution in [0.3, 0.4) is 0 Å². The smallest absolute Gasteiger partial charge is 0.250 e. The lowest BCUT2D eigenvalue weighted by atomic mass is 10.2. The van der Waals surface area contributed by atoms with Gasteiger partial charge in [0.15, 0.2) is 4.34 Å². The Morgan fingerprint density at radius 1 is 1.26 bits per heavy atom. The zero-order valence-corrected chi connectivity index (χ0v) is 13.6. The molecule has 0 aliphatic heterocycles. The monoisotopic (exact) mass is 343 g/mol. The normalized spacial score (nSPS) is 11.1. The minimum Gasteiger partial charge on any atom is -0.507 e. The summed E-state index contributed by atoms with van der Waals surface area (Å²) in [6.07, 6.45) is 1.41. The molecule has 7 heteroatoms. The Kier molecular flexibility index (Phi) is 4.89.